The molecule has 0 spiro atoms. The minimum Gasteiger partial charge on any atom is -0.506 e. The lowest BCUT2D eigenvalue weighted by atomic mass is 10.2. The Kier molecular flexibility index (Phi) is 8.58. The van der Waals surface area contributed by atoms with Gasteiger partial charge < -0.3 is 31.5 Å². The number of aromatic nitrogens is 2. The van der Waals surface area contributed by atoms with Crippen LogP contribution in [0, 0.1) is 0 Å². The third-order valence-corrected chi connectivity index (χ3v) is 5.30. The highest BCUT2D eigenvalue weighted by atomic mass is 35.5. The number of benzene rings is 2. The van der Waals surface area contributed by atoms with Crippen molar-refractivity contribution in [3.8, 4) is 11.5 Å². The lowest BCUT2D eigenvalue weighted by molar-refractivity contribution is -0.683. The summed E-state index contributed by atoms with van der Waals surface area (Å²) < 4.78 is 3.06. The van der Waals surface area contributed by atoms with Gasteiger partial charge in [-0.05, 0) is 12.1 Å². The molecule has 0 fully saturated rings. The minimum absolute atomic E-state index is 0.0399. The number of imidazole rings is 1. The molecule has 0 saturated carbocycles. The summed E-state index contributed by atoms with van der Waals surface area (Å²) in [6, 6.07) is 5.28. The molecular formula is C23H23Cl2N6O6+. The van der Waals surface area contributed by atoms with E-state index in [-0.39, 0.29) is 57.4 Å². The molecule has 37 heavy (non-hydrogen) atoms. The topological polar surface area (TPSA) is 166 Å². The van der Waals surface area contributed by atoms with Crippen molar-refractivity contribution in [3.05, 3.63) is 53.0 Å². The van der Waals surface area contributed by atoms with Crippen molar-refractivity contribution in [1.82, 2.24) is 4.57 Å². The van der Waals surface area contributed by atoms with Gasteiger partial charge in [-0.1, -0.05) is 23.2 Å². The number of hydrogen-bond acceptors (Lipinski definition) is 6. The van der Waals surface area contributed by atoms with Gasteiger partial charge in [-0.2, -0.15) is 0 Å². The molecule has 3 aromatic rings. The van der Waals surface area contributed by atoms with Gasteiger partial charge in [-0.3, -0.25) is 19.2 Å². The summed E-state index contributed by atoms with van der Waals surface area (Å²) in [4.78, 5) is 47.3. The number of phenols is 2. The highest BCUT2D eigenvalue weighted by molar-refractivity contribution is 6.35. The van der Waals surface area contributed by atoms with Crippen molar-refractivity contribution in [2.24, 2.45) is 0 Å². The van der Waals surface area contributed by atoms with Crippen molar-refractivity contribution in [3.63, 3.8) is 0 Å². The molecule has 0 bridgehead atoms. The van der Waals surface area contributed by atoms with E-state index in [0.717, 1.165) is 0 Å². The maximum Gasteiger partial charge on any atom is 0.266 e. The zero-order chi connectivity index (χ0) is 27.3. The maximum absolute atomic E-state index is 12.4. The van der Waals surface area contributed by atoms with Gasteiger partial charge in [0.1, 0.15) is 35.3 Å². The molecule has 1 aromatic heterocycles. The third-order valence-electron chi connectivity index (χ3n) is 4.71. The lowest BCUT2D eigenvalue weighted by Crippen LogP contribution is -2.38. The number of anilines is 4. The van der Waals surface area contributed by atoms with Crippen LogP contribution in [-0.2, 0) is 32.3 Å². The first-order valence-corrected chi connectivity index (χ1v) is 11.4. The Bertz CT molecular complexity index is 1240. The van der Waals surface area contributed by atoms with E-state index in [9.17, 15) is 29.4 Å². The smallest absolute Gasteiger partial charge is 0.266 e. The van der Waals surface area contributed by atoms with E-state index in [4.69, 9.17) is 23.2 Å². The van der Waals surface area contributed by atoms with Crippen molar-refractivity contribution in [2.45, 2.75) is 26.9 Å². The second-order valence-corrected chi connectivity index (χ2v) is 8.74. The number of carbonyl (C=O) groups excluding carboxylic acids is 4. The van der Waals surface area contributed by atoms with Gasteiger partial charge in [0.05, 0.1) is 10.0 Å². The molecule has 1 heterocycles. The molecule has 0 aliphatic carbocycles. The quantitative estimate of drug-likeness (QED) is 0.186. The van der Waals surface area contributed by atoms with E-state index < -0.39 is 23.6 Å². The van der Waals surface area contributed by atoms with Crippen LogP contribution in [0.4, 0.5) is 22.7 Å². The monoisotopic (exact) mass is 549 g/mol. The number of hydrogen-bond donors (Lipinski definition) is 6. The Labute approximate surface area is 220 Å². The van der Waals surface area contributed by atoms with Crippen LogP contribution < -0.4 is 25.8 Å². The van der Waals surface area contributed by atoms with E-state index in [1.165, 1.54) is 53.6 Å². The first kappa shape index (κ1) is 27.3. The molecule has 0 radical (unpaired) electrons. The SMILES string of the molecule is CC(=O)Nc1c(O)cc(NC(=O)Cn2cc[n+](CC(=O)Nc3cc(O)c(NC(C)=O)c(Cl)c3)c2)cc1Cl. The molecule has 0 atom stereocenters. The maximum atomic E-state index is 12.4. The first-order chi connectivity index (χ1) is 17.4. The number of phenolic OH excluding ortho intramolecular Hbond substituents is 2. The highest BCUT2D eigenvalue weighted by Crippen LogP contribution is 2.36. The lowest BCUT2D eigenvalue weighted by Gasteiger charge is -2.11. The Balaban J connectivity index is 1.58. The number of aromatic hydroxyl groups is 2. The Morgan fingerprint density at radius 1 is 0.811 bits per heavy atom. The predicted octanol–water partition coefficient (Wildman–Crippen LogP) is 2.69. The van der Waals surface area contributed by atoms with E-state index in [0.29, 0.717) is 0 Å². The summed E-state index contributed by atoms with van der Waals surface area (Å²) in [5, 5.41) is 30.2. The van der Waals surface area contributed by atoms with E-state index in [1.807, 2.05) is 0 Å². The number of nitrogens with one attached hydrogen (secondary N) is 4. The van der Waals surface area contributed by atoms with E-state index in [2.05, 4.69) is 21.3 Å². The molecule has 0 saturated heterocycles. The standard InChI is InChI=1S/C23H22Cl2N6O6/c1-12(32)26-22-16(24)5-14(7-18(22)34)28-20(36)9-30-3-4-31(11-30)10-21(37)29-15-6-17(25)23(19(35)8-15)27-13(2)33/h3-8,11H,9-10H2,1-2H3,(H5-,26,27,28,29,32,33,34,35,36,37)/p+1. The first-order valence-electron chi connectivity index (χ1n) is 10.7. The average molecular weight is 550 g/mol. The summed E-state index contributed by atoms with van der Waals surface area (Å²) in [5.41, 5.74) is 0.538. The van der Waals surface area contributed by atoms with Gasteiger partial charge in [0.15, 0.2) is 13.1 Å². The second-order valence-electron chi connectivity index (χ2n) is 7.92. The predicted molar refractivity (Wildman–Crippen MR) is 137 cm³/mol. The van der Waals surface area contributed by atoms with Crippen LogP contribution in [0.5, 0.6) is 11.5 Å². The highest BCUT2D eigenvalue weighted by Gasteiger charge is 2.16. The van der Waals surface area contributed by atoms with Crippen LogP contribution in [0.3, 0.4) is 0 Å². The summed E-state index contributed by atoms with van der Waals surface area (Å²) in [7, 11) is 0. The molecule has 0 aliphatic rings. The minimum atomic E-state index is -0.431. The second kappa shape index (κ2) is 11.6. The number of amides is 4. The number of nitrogens with zero attached hydrogens (tertiary/aromatic N) is 2. The molecule has 12 nitrogen and oxygen atoms in total. The molecule has 6 N–H and O–H groups in total. The van der Waals surface area contributed by atoms with Gasteiger partial charge >= 0.3 is 0 Å². The molecule has 2 aromatic carbocycles. The van der Waals surface area contributed by atoms with Gasteiger partial charge in [0.25, 0.3) is 11.8 Å². The van der Waals surface area contributed by atoms with Crippen LogP contribution in [-0.4, -0.2) is 38.4 Å². The van der Waals surface area contributed by atoms with Crippen LogP contribution in [0.15, 0.2) is 43.0 Å². The molecule has 0 unspecified atom stereocenters. The van der Waals surface area contributed by atoms with Gasteiger partial charge in [-0.25, -0.2) is 9.13 Å². The van der Waals surface area contributed by atoms with Gasteiger partial charge in [0.2, 0.25) is 18.1 Å². The molecule has 3 rings (SSSR count). The molecule has 14 heteroatoms. The van der Waals surface area contributed by atoms with Gasteiger partial charge in [-0.15, -0.1) is 0 Å². The fourth-order valence-corrected chi connectivity index (χ4v) is 3.81. The third kappa shape index (κ3) is 7.59. The van der Waals surface area contributed by atoms with Crippen LogP contribution >= 0.6 is 23.2 Å². The Hall–Kier alpha value is -4.29. The Morgan fingerprint density at radius 2 is 1.30 bits per heavy atom. The summed E-state index contributed by atoms with van der Waals surface area (Å²) >= 11 is 12.1. The van der Waals surface area contributed by atoms with Crippen LogP contribution in [0.25, 0.3) is 0 Å². The van der Waals surface area contributed by atoms with Crippen molar-refractivity contribution in [1.29, 1.82) is 0 Å². The zero-order valence-electron chi connectivity index (χ0n) is 19.6. The molecule has 4 amide bonds. The Morgan fingerprint density at radius 3 is 1.76 bits per heavy atom. The molecule has 0 aliphatic heterocycles. The van der Waals surface area contributed by atoms with Crippen molar-refractivity contribution in [2.75, 3.05) is 21.3 Å². The summed E-state index contributed by atoms with van der Waals surface area (Å²) in [5.74, 6) is -2.29. The fraction of sp³-hybridized carbons (Fsp3) is 0.174. The van der Waals surface area contributed by atoms with E-state index >= 15 is 0 Å². The fourth-order valence-electron chi connectivity index (χ4n) is 3.29. The molecule has 194 valence electrons. The molecular weight excluding hydrogens is 527 g/mol. The number of halogens is 2. The number of rotatable bonds is 8. The van der Waals surface area contributed by atoms with Crippen LogP contribution in [0.2, 0.25) is 10.0 Å². The van der Waals surface area contributed by atoms with Gasteiger partial charge in [0, 0.05) is 37.4 Å². The summed E-state index contributed by atoms with van der Waals surface area (Å²) in [6.45, 7) is 2.33. The van der Waals surface area contributed by atoms with Crippen molar-refractivity contribution < 1.29 is 34.0 Å². The zero-order valence-corrected chi connectivity index (χ0v) is 21.1. The number of carbonyl (C=O) groups is 4. The van der Waals surface area contributed by atoms with E-state index in [1.54, 1.807) is 12.4 Å². The van der Waals surface area contributed by atoms with Crippen molar-refractivity contribution >= 4 is 69.6 Å². The summed E-state index contributed by atoms with van der Waals surface area (Å²) in [6.07, 6.45) is 4.71. The van der Waals surface area contributed by atoms with Crippen LogP contribution in [0.1, 0.15) is 13.8 Å². The largest absolute Gasteiger partial charge is 0.506 e. The normalized spacial score (nSPS) is 10.5. The average Bonchev–Trinajstić information content (AvgIpc) is 3.19.